The van der Waals surface area contributed by atoms with E-state index in [1.165, 1.54) is 0 Å². The molecule has 13 nitrogen and oxygen atoms in total. The number of tetrazole rings is 1. The molecule has 2 aromatic carbocycles. The van der Waals surface area contributed by atoms with Crippen LogP contribution in [0, 0.1) is 11.3 Å². The molecule has 2 aliphatic rings. The fraction of sp³-hybridized carbons (Fsp3) is 0.556. The molecule has 0 saturated carbocycles. The highest BCUT2D eigenvalue weighted by atomic mass is 35.5. The highest BCUT2D eigenvalue weighted by Crippen LogP contribution is 2.24. The Morgan fingerprint density at radius 2 is 1.25 bits per heavy atom. The van der Waals surface area contributed by atoms with Crippen LogP contribution in [0.15, 0.2) is 48.5 Å². The van der Waals surface area contributed by atoms with Gasteiger partial charge in [-0.3, -0.25) is 9.80 Å². The molecule has 0 aliphatic carbocycles. The van der Waals surface area contributed by atoms with E-state index in [0.29, 0.717) is 61.4 Å². The van der Waals surface area contributed by atoms with Crippen molar-refractivity contribution in [2.24, 2.45) is 0 Å². The van der Waals surface area contributed by atoms with Crippen LogP contribution < -0.4 is 0 Å². The number of aromatic nitrogens is 4. The summed E-state index contributed by atoms with van der Waals surface area (Å²) in [5, 5.41) is 24.1. The zero-order valence-corrected chi connectivity index (χ0v) is 31.5. The largest absolute Gasteiger partial charge is 0.444 e. The van der Waals surface area contributed by atoms with Crippen LogP contribution in [0.5, 0.6) is 0 Å². The summed E-state index contributed by atoms with van der Waals surface area (Å²) in [6.45, 7) is 12.6. The van der Waals surface area contributed by atoms with Crippen molar-refractivity contribution >= 4 is 35.4 Å². The Balaban J connectivity index is 0.000000230. The van der Waals surface area contributed by atoms with Crippen LogP contribution in [0.25, 0.3) is 0 Å². The molecule has 4 atom stereocenters. The molecule has 2 amide bonds. The van der Waals surface area contributed by atoms with Gasteiger partial charge in [-0.2, -0.15) is 10.5 Å². The number of carbonyl (C=O) groups excluding carboxylic acids is 2. The molecule has 51 heavy (non-hydrogen) atoms. The number of benzene rings is 2. The normalized spacial score (nSPS) is 20.8. The minimum Gasteiger partial charge on any atom is -0.444 e. The summed E-state index contributed by atoms with van der Waals surface area (Å²) in [5.41, 5.74) is 1.02. The van der Waals surface area contributed by atoms with Crippen molar-refractivity contribution in [1.29, 1.82) is 5.26 Å². The molecule has 3 heterocycles. The van der Waals surface area contributed by atoms with Crippen LogP contribution in [0.3, 0.4) is 0 Å². The number of carbonyl (C=O) groups is 2. The van der Waals surface area contributed by atoms with Gasteiger partial charge >= 0.3 is 12.2 Å². The molecule has 1 aromatic heterocycles. The summed E-state index contributed by atoms with van der Waals surface area (Å²) < 4.78 is 22.8. The van der Waals surface area contributed by atoms with Crippen molar-refractivity contribution in [1.82, 2.24) is 30.4 Å². The number of hydrogen-bond acceptors (Lipinski definition) is 10. The van der Waals surface area contributed by atoms with E-state index in [1.54, 1.807) is 9.80 Å². The fourth-order valence-electron chi connectivity index (χ4n) is 5.55. The van der Waals surface area contributed by atoms with Gasteiger partial charge in [0.2, 0.25) is 0 Å². The zero-order valence-electron chi connectivity index (χ0n) is 30.0. The average molecular weight is 745 g/mol. The second-order valence-corrected chi connectivity index (χ2v) is 15.4. The molecular weight excluding hydrogens is 697 g/mol. The number of nitrogens with zero attached hydrogens (tertiary/aromatic N) is 6. The number of hydrogen-bond donors (Lipinski definition) is 1. The first kappa shape index (κ1) is 39.8. The van der Waals surface area contributed by atoms with Crippen molar-refractivity contribution in [2.75, 3.05) is 26.3 Å². The maximum atomic E-state index is 12.8. The van der Waals surface area contributed by atoms with E-state index < -0.39 is 11.2 Å². The average Bonchev–Trinajstić information content (AvgIpc) is 3.56. The smallest absolute Gasteiger partial charge is 0.410 e. The highest BCUT2D eigenvalue weighted by molar-refractivity contribution is 6.30. The Morgan fingerprint density at radius 3 is 1.67 bits per heavy atom. The lowest BCUT2D eigenvalue weighted by molar-refractivity contribution is -0.0694. The van der Waals surface area contributed by atoms with E-state index in [2.05, 4.69) is 26.7 Å². The lowest BCUT2D eigenvalue weighted by Crippen LogP contribution is -2.54. The molecule has 1 N–H and O–H groups in total. The number of halogens is 2. The summed E-state index contributed by atoms with van der Waals surface area (Å²) in [6.07, 6.45) is 0.841. The number of nitrogens with one attached hydrogen (secondary N) is 1. The van der Waals surface area contributed by atoms with Gasteiger partial charge in [-0.1, -0.05) is 52.7 Å². The maximum absolute atomic E-state index is 12.8. The standard InChI is InChI=1S/C18H24ClN5O3.C18H23ClN2O3/c1-18(2,3)27-17(25)24-10-15(9-16-20-22-23-21-16)26-11-14(24)8-12-4-6-13(19)7-5-12;1-18(2,3)24-17(22)21-11-16(8-9-20)23-12-15(21)10-13-4-6-14(19)7-5-13/h4-7,14-15H,8-11H2,1-3H3,(H,20,21,22,23);4-7,15-16H,8,10-12H2,1-3H3/t14-,15-;15-,16-/m00/s1. The Kier molecular flexibility index (Phi) is 14.1. The van der Waals surface area contributed by atoms with Gasteiger partial charge < -0.3 is 18.9 Å². The molecule has 5 rings (SSSR count). The molecule has 15 heteroatoms. The first-order valence-electron chi connectivity index (χ1n) is 16.9. The highest BCUT2D eigenvalue weighted by Gasteiger charge is 2.36. The van der Waals surface area contributed by atoms with Gasteiger partial charge in [0, 0.05) is 16.5 Å². The van der Waals surface area contributed by atoms with Crippen LogP contribution in [-0.2, 0) is 38.2 Å². The third kappa shape index (κ3) is 13.3. The van der Waals surface area contributed by atoms with Crippen molar-refractivity contribution < 1.29 is 28.5 Å². The number of morpholine rings is 2. The number of nitriles is 1. The monoisotopic (exact) mass is 743 g/mol. The van der Waals surface area contributed by atoms with Gasteiger partial charge in [-0.25, -0.2) is 9.59 Å². The molecule has 3 aromatic rings. The van der Waals surface area contributed by atoms with Crippen molar-refractivity contribution in [3.63, 3.8) is 0 Å². The third-order valence-electron chi connectivity index (χ3n) is 7.87. The molecular formula is C36H47Cl2N7O6. The van der Waals surface area contributed by atoms with E-state index in [0.717, 1.165) is 11.1 Å². The molecule has 0 spiro atoms. The second-order valence-electron chi connectivity index (χ2n) is 14.5. The van der Waals surface area contributed by atoms with Gasteiger partial charge in [0.25, 0.3) is 0 Å². The number of H-pyrrole nitrogens is 1. The first-order chi connectivity index (χ1) is 24.1. The van der Waals surface area contributed by atoms with Gasteiger partial charge in [-0.15, -0.1) is 10.2 Å². The van der Waals surface area contributed by atoms with Crippen LogP contribution in [0.1, 0.15) is 64.9 Å². The third-order valence-corrected chi connectivity index (χ3v) is 8.38. The van der Waals surface area contributed by atoms with Crippen LogP contribution in [-0.4, -0.2) is 104 Å². The molecule has 2 fully saturated rings. The number of ether oxygens (including phenoxy) is 4. The summed E-state index contributed by atoms with van der Waals surface area (Å²) >= 11 is 11.9. The molecule has 2 saturated heterocycles. The van der Waals surface area contributed by atoms with E-state index in [9.17, 15) is 9.59 Å². The Morgan fingerprint density at radius 1 is 0.804 bits per heavy atom. The number of amides is 2. The number of aromatic amines is 1. The van der Waals surface area contributed by atoms with E-state index in [1.807, 2.05) is 90.1 Å². The topological polar surface area (TPSA) is 156 Å². The van der Waals surface area contributed by atoms with Gasteiger partial charge in [-0.05, 0) is 89.8 Å². The molecule has 0 unspecified atom stereocenters. The molecule has 0 radical (unpaired) electrons. The van der Waals surface area contributed by atoms with Crippen LogP contribution >= 0.6 is 23.2 Å². The minimum absolute atomic E-state index is 0.123. The Labute approximate surface area is 309 Å². The van der Waals surface area contributed by atoms with Crippen LogP contribution in [0.4, 0.5) is 9.59 Å². The van der Waals surface area contributed by atoms with E-state index in [4.69, 9.17) is 47.4 Å². The van der Waals surface area contributed by atoms with Crippen molar-refractivity contribution in [2.45, 2.75) is 103 Å². The lowest BCUT2D eigenvalue weighted by Gasteiger charge is -2.40. The Hall–Kier alpha value is -3.96. The quantitative estimate of drug-likeness (QED) is 0.286. The molecule has 276 valence electrons. The summed E-state index contributed by atoms with van der Waals surface area (Å²) in [5.74, 6) is 0.556. The summed E-state index contributed by atoms with van der Waals surface area (Å²) in [6, 6.07) is 17.0. The predicted octanol–water partition coefficient (Wildman–Crippen LogP) is 6.44. The predicted molar refractivity (Wildman–Crippen MR) is 191 cm³/mol. The minimum atomic E-state index is -0.566. The fourth-order valence-corrected chi connectivity index (χ4v) is 5.80. The number of rotatable bonds is 7. The first-order valence-corrected chi connectivity index (χ1v) is 17.6. The van der Waals surface area contributed by atoms with Gasteiger partial charge in [0.05, 0.1) is 63.1 Å². The second kappa shape index (κ2) is 18.0. The van der Waals surface area contributed by atoms with E-state index >= 15 is 0 Å². The lowest BCUT2D eigenvalue weighted by atomic mass is 10.0. The summed E-state index contributed by atoms with van der Waals surface area (Å²) in [7, 11) is 0. The van der Waals surface area contributed by atoms with Gasteiger partial charge in [0.15, 0.2) is 5.82 Å². The van der Waals surface area contributed by atoms with E-state index in [-0.39, 0.29) is 42.9 Å². The van der Waals surface area contributed by atoms with Gasteiger partial charge in [0.1, 0.15) is 11.2 Å². The van der Waals surface area contributed by atoms with Crippen molar-refractivity contribution in [3.05, 3.63) is 75.5 Å². The van der Waals surface area contributed by atoms with Crippen LogP contribution in [0.2, 0.25) is 10.0 Å². The Bertz CT molecular complexity index is 1590. The zero-order chi connectivity index (χ0) is 37.2. The molecule has 2 aliphatic heterocycles. The SMILES string of the molecule is CC(C)(C)OC(=O)N1C[C@H](CC#N)OC[C@@H]1Cc1ccc(Cl)cc1.CC(C)(C)OC(=O)N1C[C@H](Cc2nn[nH]n2)OC[C@@H]1Cc1ccc(Cl)cc1. The maximum Gasteiger partial charge on any atom is 0.410 e. The summed E-state index contributed by atoms with van der Waals surface area (Å²) in [4.78, 5) is 28.8. The van der Waals surface area contributed by atoms with Crippen molar-refractivity contribution in [3.8, 4) is 6.07 Å². The molecule has 0 bridgehead atoms.